The monoisotopic (exact) mass is 411 g/mol. The highest BCUT2D eigenvalue weighted by Crippen LogP contribution is 2.20. The molecule has 4 rings (SSSR count). The molecule has 1 saturated carbocycles. The largest absolute Gasteiger partial charge is 0.353 e. The molecule has 1 aliphatic rings. The van der Waals surface area contributed by atoms with Gasteiger partial charge in [-0.05, 0) is 49.9 Å². The normalized spacial score (nSPS) is 15.0. The van der Waals surface area contributed by atoms with Crippen molar-refractivity contribution in [3.63, 3.8) is 0 Å². The van der Waals surface area contributed by atoms with Crippen LogP contribution in [0.3, 0.4) is 0 Å². The molecule has 0 spiro atoms. The van der Waals surface area contributed by atoms with E-state index in [1.807, 2.05) is 25.1 Å². The van der Waals surface area contributed by atoms with E-state index in [9.17, 15) is 9.59 Å². The summed E-state index contributed by atoms with van der Waals surface area (Å²) in [5.74, 6) is 0.204. The molecule has 0 unspecified atom stereocenters. The average molecular weight is 412 g/mol. The fourth-order valence-corrected chi connectivity index (χ4v) is 4.33. The molecule has 1 aromatic carbocycles. The first-order chi connectivity index (χ1) is 14.0. The van der Waals surface area contributed by atoms with Gasteiger partial charge in [0.15, 0.2) is 10.8 Å². The number of carbonyl (C=O) groups is 1. The molecule has 2 N–H and O–H groups in total. The Morgan fingerprint density at radius 1 is 1.24 bits per heavy atom. The van der Waals surface area contributed by atoms with Gasteiger partial charge in [0, 0.05) is 6.04 Å². The van der Waals surface area contributed by atoms with Crippen molar-refractivity contribution in [2.24, 2.45) is 0 Å². The molecule has 7 nitrogen and oxygen atoms in total. The number of aromatic nitrogens is 4. The minimum absolute atomic E-state index is 0.0210. The Bertz CT molecular complexity index is 1100. The quantitative estimate of drug-likeness (QED) is 0.497. The van der Waals surface area contributed by atoms with E-state index in [1.165, 1.54) is 42.8 Å². The Morgan fingerprint density at radius 2 is 2.03 bits per heavy atom. The lowest BCUT2D eigenvalue weighted by atomic mass is 9.95. The zero-order valence-electron chi connectivity index (χ0n) is 16.7. The third-order valence-corrected chi connectivity index (χ3v) is 6.34. The molecule has 8 heteroatoms. The molecule has 1 amide bonds. The SMILES string of the molecule is Cc1ccc(-n2ncc3c(=O)[nH]c(SCC(=O)NC4CCCCC4)nc32)cc1C. The molecule has 1 fully saturated rings. The molecule has 152 valence electrons. The molecule has 0 aliphatic heterocycles. The Balaban J connectivity index is 1.53. The van der Waals surface area contributed by atoms with Gasteiger partial charge in [0.25, 0.3) is 5.56 Å². The summed E-state index contributed by atoms with van der Waals surface area (Å²) >= 11 is 1.24. The Labute approximate surface area is 173 Å². The van der Waals surface area contributed by atoms with Crippen molar-refractivity contribution in [3.8, 4) is 5.69 Å². The third-order valence-electron chi connectivity index (χ3n) is 5.46. The first-order valence-electron chi connectivity index (χ1n) is 9.99. The van der Waals surface area contributed by atoms with E-state index in [-0.39, 0.29) is 23.3 Å². The lowest BCUT2D eigenvalue weighted by Crippen LogP contribution is -2.37. The number of nitrogens with one attached hydrogen (secondary N) is 2. The molecule has 1 aliphatic carbocycles. The van der Waals surface area contributed by atoms with E-state index in [0.717, 1.165) is 24.1 Å². The van der Waals surface area contributed by atoms with Crippen LogP contribution in [0.25, 0.3) is 16.7 Å². The summed E-state index contributed by atoms with van der Waals surface area (Å²) in [6.45, 7) is 4.09. The average Bonchev–Trinajstić information content (AvgIpc) is 3.14. The van der Waals surface area contributed by atoms with E-state index in [0.29, 0.717) is 16.2 Å². The number of aryl methyl sites for hydroxylation is 2. The molecule has 29 heavy (non-hydrogen) atoms. The lowest BCUT2D eigenvalue weighted by molar-refractivity contribution is -0.119. The third kappa shape index (κ3) is 4.37. The van der Waals surface area contributed by atoms with Crippen LogP contribution in [-0.4, -0.2) is 37.5 Å². The number of fused-ring (bicyclic) bond motifs is 1. The first kappa shape index (κ1) is 19.7. The standard InChI is InChI=1S/C21H25N5O2S/c1-13-8-9-16(10-14(13)2)26-19-17(11-22-26)20(28)25-21(24-19)29-12-18(27)23-15-6-4-3-5-7-15/h8-11,15H,3-7,12H2,1-2H3,(H,23,27)(H,24,25,28). The topological polar surface area (TPSA) is 92.7 Å². The van der Waals surface area contributed by atoms with Gasteiger partial charge < -0.3 is 10.3 Å². The van der Waals surface area contributed by atoms with E-state index in [1.54, 1.807) is 4.68 Å². The van der Waals surface area contributed by atoms with Gasteiger partial charge in [-0.15, -0.1) is 0 Å². The van der Waals surface area contributed by atoms with Gasteiger partial charge in [0.1, 0.15) is 5.39 Å². The van der Waals surface area contributed by atoms with Crippen molar-refractivity contribution in [2.75, 3.05) is 5.75 Å². The van der Waals surface area contributed by atoms with E-state index >= 15 is 0 Å². The molecular formula is C21H25N5O2S. The molecular weight excluding hydrogens is 386 g/mol. The maximum Gasteiger partial charge on any atom is 0.262 e. The van der Waals surface area contributed by atoms with Crippen molar-refractivity contribution in [1.29, 1.82) is 0 Å². The summed E-state index contributed by atoms with van der Waals surface area (Å²) in [6, 6.07) is 6.28. The van der Waals surface area contributed by atoms with E-state index < -0.39 is 0 Å². The summed E-state index contributed by atoms with van der Waals surface area (Å²) in [5, 5.41) is 8.30. The zero-order chi connectivity index (χ0) is 20.4. The summed E-state index contributed by atoms with van der Waals surface area (Å²) in [5.41, 5.74) is 3.43. The van der Waals surface area contributed by atoms with Crippen molar-refractivity contribution >= 4 is 28.7 Å². The van der Waals surface area contributed by atoms with Gasteiger partial charge in [0.05, 0.1) is 17.6 Å². The van der Waals surface area contributed by atoms with Gasteiger partial charge in [-0.2, -0.15) is 5.10 Å². The van der Waals surface area contributed by atoms with Crippen LogP contribution in [0.1, 0.15) is 43.2 Å². The van der Waals surface area contributed by atoms with Crippen molar-refractivity contribution in [2.45, 2.75) is 57.1 Å². The van der Waals surface area contributed by atoms with Gasteiger partial charge in [-0.1, -0.05) is 37.1 Å². The predicted octanol–water partition coefficient (Wildman–Crippen LogP) is 3.27. The maximum absolute atomic E-state index is 12.5. The minimum Gasteiger partial charge on any atom is -0.353 e. The van der Waals surface area contributed by atoms with Crippen LogP contribution in [0.2, 0.25) is 0 Å². The number of nitrogens with zero attached hydrogens (tertiary/aromatic N) is 3. The highest BCUT2D eigenvalue weighted by Gasteiger charge is 2.17. The molecule has 0 bridgehead atoms. The second-order valence-electron chi connectivity index (χ2n) is 7.62. The molecule has 0 radical (unpaired) electrons. The van der Waals surface area contributed by atoms with E-state index in [4.69, 9.17) is 0 Å². The number of carbonyl (C=O) groups excluding carboxylic acids is 1. The van der Waals surface area contributed by atoms with Gasteiger partial charge in [-0.3, -0.25) is 9.59 Å². The number of hydrogen-bond donors (Lipinski definition) is 2. The summed E-state index contributed by atoms with van der Waals surface area (Å²) in [6.07, 6.45) is 7.22. The van der Waals surface area contributed by atoms with Crippen LogP contribution >= 0.6 is 11.8 Å². The second-order valence-corrected chi connectivity index (χ2v) is 8.59. The van der Waals surface area contributed by atoms with Crippen LogP contribution in [0, 0.1) is 13.8 Å². The molecule has 0 saturated heterocycles. The second kappa shape index (κ2) is 8.41. The van der Waals surface area contributed by atoms with Crippen molar-refractivity contribution in [1.82, 2.24) is 25.1 Å². The van der Waals surface area contributed by atoms with Gasteiger partial charge in [-0.25, -0.2) is 9.67 Å². The minimum atomic E-state index is -0.250. The van der Waals surface area contributed by atoms with Crippen molar-refractivity contribution in [3.05, 3.63) is 45.9 Å². The Hall–Kier alpha value is -2.61. The Morgan fingerprint density at radius 3 is 2.79 bits per heavy atom. The van der Waals surface area contributed by atoms with E-state index in [2.05, 4.69) is 27.3 Å². The lowest BCUT2D eigenvalue weighted by Gasteiger charge is -2.22. The van der Waals surface area contributed by atoms with Crippen LogP contribution in [-0.2, 0) is 4.79 Å². The highest BCUT2D eigenvalue weighted by molar-refractivity contribution is 7.99. The van der Waals surface area contributed by atoms with Gasteiger partial charge in [0.2, 0.25) is 5.91 Å². The summed E-state index contributed by atoms with van der Waals surface area (Å²) in [7, 11) is 0. The number of hydrogen-bond acceptors (Lipinski definition) is 5. The van der Waals surface area contributed by atoms with Gasteiger partial charge >= 0.3 is 0 Å². The number of aromatic amines is 1. The first-order valence-corrected chi connectivity index (χ1v) is 11.0. The number of amides is 1. The zero-order valence-corrected chi connectivity index (χ0v) is 17.5. The van der Waals surface area contributed by atoms with Crippen molar-refractivity contribution < 1.29 is 4.79 Å². The smallest absolute Gasteiger partial charge is 0.262 e. The fraction of sp³-hybridized carbons (Fsp3) is 0.429. The number of H-pyrrole nitrogens is 1. The molecule has 2 heterocycles. The number of rotatable bonds is 5. The van der Waals surface area contributed by atoms with Crippen LogP contribution in [0.4, 0.5) is 0 Å². The predicted molar refractivity (Wildman–Crippen MR) is 115 cm³/mol. The summed E-state index contributed by atoms with van der Waals surface area (Å²) in [4.78, 5) is 32.1. The van der Waals surface area contributed by atoms with Crippen LogP contribution < -0.4 is 10.9 Å². The Kier molecular flexibility index (Phi) is 5.71. The molecule has 0 atom stereocenters. The fourth-order valence-electron chi connectivity index (χ4n) is 3.66. The highest BCUT2D eigenvalue weighted by atomic mass is 32.2. The summed E-state index contributed by atoms with van der Waals surface area (Å²) < 4.78 is 1.67. The van der Waals surface area contributed by atoms with Crippen LogP contribution in [0.5, 0.6) is 0 Å². The van der Waals surface area contributed by atoms with Crippen LogP contribution in [0.15, 0.2) is 34.3 Å². The maximum atomic E-state index is 12.5. The number of benzene rings is 1. The number of thioether (sulfide) groups is 1. The molecule has 2 aromatic heterocycles. The molecule has 3 aromatic rings.